The van der Waals surface area contributed by atoms with Crippen molar-refractivity contribution in [3.63, 3.8) is 0 Å². The molecule has 1 fully saturated rings. The van der Waals surface area contributed by atoms with Crippen molar-refractivity contribution in [3.8, 4) is 0 Å². The summed E-state index contributed by atoms with van der Waals surface area (Å²) in [5.41, 5.74) is 0.760. The standard InChI is InChI=1S/C14H18Cl2N2O/c15-10-6-11(16)8-13(7-10)17-9-14(19)18-12-4-2-1-3-5-12/h6-8,12,17H,1-5,9H2,(H,18,19). The molecule has 0 saturated heterocycles. The van der Waals surface area contributed by atoms with E-state index in [1.165, 1.54) is 19.3 Å². The normalized spacial score (nSPS) is 16.1. The Morgan fingerprint density at radius 2 is 1.74 bits per heavy atom. The average molecular weight is 301 g/mol. The maximum atomic E-state index is 11.8. The number of halogens is 2. The van der Waals surface area contributed by atoms with Gasteiger partial charge in [0.1, 0.15) is 0 Å². The highest BCUT2D eigenvalue weighted by Crippen LogP contribution is 2.22. The summed E-state index contributed by atoms with van der Waals surface area (Å²) in [7, 11) is 0. The number of rotatable bonds is 4. The molecule has 0 heterocycles. The second kappa shape index (κ2) is 7.01. The van der Waals surface area contributed by atoms with Gasteiger partial charge < -0.3 is 10.6 Å². The Kier molecular flexibility index (Phi) is 5.34. The van der Waals surface area contributed by atoms with Gasteiger partial charge in [-0.1, -0.05) is 42.5 Å². The maximum Gasteiger partial charge on any atom is 0.239 e. The predicted octanol–water partition coefficient (Wildman–Crippen LogP) is 3.85. The molecule has 0 unspecified atom stereocenters. The lowest BCUT2D eigenvalue weighted by Crippen LogP contribution is -2.39. The number of hydrogen-bond acceptors (Lipinski definition) is 2. The second-order valence-corrected chi connectivity index (χ2v) is 5.79. The second-order valence-electron chi connectivity index (χ2n) is 4.91. The Labute approximate surface area is 123 Å². The Hall–Kier alpha value is -0.930. The molecule has 1 saturated carbocycles. The zero-order valence-corrected chi connectivity index (χ0v) is 12.2. The molecular formula is C14H18Cl2N2O. The number of amides is 1. The van der Waals surface area contributed by atoms with Crippen LogP contribution in [0.15, 0.2) is 18.2 Å². The summed E-state index contributed by atoms with van der Waals surface area (Å²) < 4.78 is 0. The van der Waals surface area contributed by atoms with Gasteiger partial charge in [-0.25, -0.2) is 0 Å². The average Bonchev–Trinajstić information content (AvgIpc) is 2.36. The Bertz CT molecular complexity index is 425. The topological polar surface area (TPSA) is 41.1 Å². The van der Waals surface area contributed by atoms with Crippen LogP contribution in [0.4, 0.5) is 5.69 Å². The number of carbonyl (C=O) groups excluding carboxylic acids is 1. The molecule has 1 aliphatic rings. The SMILES string of the molecule is O=C(CNc1cc(Cl)cc(Cl)c1)NC1CCCCC1. The van der Waals surface area contributed by atoms with Gasteiger partial charge in [-0.2, -0.15) is 0 Å². The fourth-order valence-electron chi connectivity index (χ4n) is 2.36. The molecule has 1 aromatic rings. The number of benzene rings is 1. The van der Waals surface area contributed by atoms with Crippen molar-refractivity contribution in [3.05, 3.63) is 28.2 Å². The van der Waals surface area contributed by atoms with Crippen LogP contribution < -0.4 is 10.6 Å². The van der Waals surface area contributed by atoms with Gasteiger partial charge in [-0.05, 0) is 31.0 Å². The van der Waals surface area contributed by atoms with E-state index in [9.17, 15) is 4.79 Å². The largest absolute Gasteiger partial charge is 0.376 e. The first-order chi connectivity index (χ1) is 9.13. The highest BCUT2D eigenvalue weighted by atomic mass is 35.5. The number of hydrogen-bond donors (Lipinski definition) is 2. The van der Waals surface area contributed by atoms with Crippen LogP contribution in [0.1, 0.15) is 32.1 Å². The van der Waals surface area contributed by atoms with E-state index in [2.05, 4.69) is 10.6 Å². The molecule has 0 bridgehead atoms. The lowest BCUT2D eigenvalue weighted by molar-refractivity contribution is -0.120. The van der Waals surface area contributed by atoms with Crippen LogP contribution in [-0.4, -0.2) is 18.5 Å². The minimum atomic E-state index is 0.0167. The fourth-order valence-corrected chi connectivity index (χ4v) is 2.89. The third-order valence-electron chi connectivity index (χ3n) is 3.29. The Morgan fingerprint density at radius 1 is 1.11 bits per heavy atom. The molecule has 104 valence electrons. The van der Waals surface area contributed by atoms with Crippen LogP contribution in [-0.2, 0) is 4.79 Å². The Balaban J connectivity index is 1.79. The smallest absolute Gasteiger partial charge is 0.239 e. The van der Waals surface area contributed by atoms with Crippen molar-refractivity contribution in [1.82, 2.24) is 5.32 Å². The van der Waals surface area contributed by atoms with E-state index >= 15 is 0 Å². The third kappa shape index (κ3) is 4.92. The van der Waals surface area contributed by atoms with Crippen LogP contribution in [0.3, 0.4) is 0 Å². The summed E-state index contributed by atoms with van der Waals surface area (Å²) >= 11 is 11.8. The van der Waals surface area contributed by atoms with Gasteiger partial charge in [-0.3, -0.25) is 4.79 Å². The highest BCUT2D eigenvalue weighted by molar-refractivity contribution is 6.35. The number of carbonyl (C=O) groups is 1. The fraction of sp³-hybridized carbons (Fsp3) is 0.500. The molecule has 1 aromatic carbocycles. The summed E-state index contributed by atoms with van der Waals surface area (Å²) in [5.74, 6) is 0.0167. The van der Waals surface area contributed by atoms with Crippen molar-refractivity contribution in [1.29, 1.82) is 0 Å². The zero-order chi connectivity index (χ0) is 13.7. The molecule has 1 amide bonds. The Morgan fingerprint density at radius 3 is 2.37 bits per heavy atom. The predicted molar refractivity (Wildman–Crippen MR) is 80.0 cm³/mol. The van der Waals surface area contributed by atoms with Crippen molar-refractivity contribution in [2.45, 2.75) is 38.1 Å². The van der Waals surface area contributed by atoms with E-state index < -0.39 is 0 Å². The molecular weight excluding hydrogens is 283 g/mol. The van der Waals surface area contributed by atoms with Crippen molar-refractivity contribution in [2.24, 2.45) is 0 Å². The molecule has 0 atom stereocenters. The zero-order valence-electron chi connectivity index (χ0n) is 10.7. The van der Waals surface area contributed by atoms with Crippen molar-refractivity contribution < 1.29 is 4.79 Å². The third-order valence-corrected chi connectivity index (χ3v) is 3.72. The summed E-state index contributed by atoms with van der Waals surface area (Å²) in [4.78, 5) is 11.8. The van der Waals surface area contributed by atoms with Gasteiger partial charge in [0, 0.05) is 21.8 Å². The van der Waals surface area contributed by atoms with Crippen LogP contribution in [0.5, 0.6) is 0 Å². The molecule has 2 N–H and O–H groups in total. The van der Waals surface area contributed by atoms with Gasteiger partial charge in [0.2, 0.25) is 5.91 Å². The van der Waals surface area contributed by atoms with Crippen LogP contribution in [0.2, 0.25) is 10.0 Å². The van der Waals surface area contributed by atoms with E-state index in [0.29, 0.717) is 16.1 Å². The maximum absolute atomic E-state index is 11.8. The van der Waals surface area contributed by atoms with Crippen LogP contribution in [0, 0.1) is 0 Å². The van der Waals surface area contributed by atoms with Gasteiger partial charge in [0.25, 0.3) is 0 Å². The first kappa shape index (κ1) is 14.5. The lowest BCUT2D eigenvalue weighted by atomic mass is 9.95. The van der Waals surface area contributed by atoms with Crippen LogP contribution in [0.25, 0.3) is 0 Å². The molecule has 0 radical (unpaired) electrons. The molecule has 0 spiro atoms. The van der Waals surface area contributed by atoms with E-state index in [1.807, 2.05) is 0 Å². The molecule has 5 heteroatoms. The lowest BCUT2D eigenvalue weighted by Gasteiger charge is -2.22. The quantitative estimate of drug-likeness (QED) is 0.886. The first-order valence-electron chi connectivity index (χ1n) is 6.63. The minimum Gasteiger partial charge on any atom is -0.376 e. The molecule has 19 heavy (non-hydrogen) atoms. The number of anilines is 1. The van der Waals surface area contributed by atoms with Gasteiger partial charge in [0.15, 0.2) is 0 Å². The summed E-state index contributed by atoms with van der Waals surface area (Å²) in [6.07, 6.45) is 5.89. The monoisotopic (exact) mass is 300 g/mol. The molecule has 0 aromatic heterocycles. The van der Waals surface area contributed by atoms with E-state index in [-0.39, 0.29) is 12.5 Å². The van der Waals surface area contributed by atoms with Gasteiger partial charge in [-0.15, -0.1) is 0 Å². The summed E-state index contributed by atoms with van der Waals surface area (Å²) in [5, 5.41) is 7.20. The van der Waals surface area contributed by atoms with Crippen molar-refractivity contribution >= 4 is 34.8 Å². The van der Waals surface area contributed by atoms with E-state index in [4.69, 9.17) is 23.2 Å². The van der Waals surface area contributed by atoms with Crippen LogP contribution >= 0.6 is 23.2 Å². The molecule has 1 aliphatic carbocycles. The molecule has 0 aliphatic heterocycles. The first-order valence-corrected chi connectivity index (χ1v) is 7.38. The highest BCUT2D eigenvalue weighted by Gasteiger charge is 2.15. The molecule has 2 rings (SSSR count). The van der Waals surface area contributed by atoms with Crippen molar-refractivity contribution in [2.75, 3.05) is 11.9 Å². The van der Waals surface area contributed by atoms with Gasteiger partial charge >= 0.3 is 0 Å². The number of nitrogens with one attached hydrogen (secondary N) is 2. The minimum absolute atomic E-state index is 0.0167. The van der Waals surface area contributed by atoms with Gasteiger partial charge in [0.05, 0.1) is 6.54 Å². The summed E-state index contributed by atoms with van der Waals surface area (Å²) in [6, 6.07) is 5.50. The molecule has 3 nitrogen and oxygen atoms in total. The van der Waals surface area contributed by atoms with E-state index in [1.54, 1.807) is 18.2 Å². The summed E-state index contributed by atoms with van der Waals surface area (Å²) in [6.45, 7) is 0.243. The van der Waals surface area contributed by atoms with E-state index in [0.717, 1.165) is 18.5 Å².